The molecule has 0 spiro atoms. The molecule has 1 saturated heterocycles. The highest BCUT2D eigenvalue weighted by atomic mass is 31.0. The van der Waals surface area contributed by atoms with Gasteiger partial charge in [0.1, 0.15) is 0 Å². The van der Waals surface area contributed by atoms with Gasteiger partial charge in [0.25, 0.3) is 0 Å². The number of pyridine rings is 1. The van der Waals surface area contributed by atoms with Gasteiger partial charge in [-0.1, -0.05) is 6.92 Å². The smallest absolute Gasteiger partial charge is 0.0779 e. The van der Waals surface area contributed by atoms with Crippen LogP contribution >= 0.6 is 9.24 Å². The number of aromatic nitrogens is 1. The Balaban J connectivity index is 2.25. The zero-order valence-corrected chi connectivity index (χ0v) is 13.9. The molecule has 1 aliphatic rings. The Kier molecular flexibility index (Phi) is 5.36. The van der Waals surface area contributed by atoms with Crippen molar-refractivity contribution in [1.82, 2.24) is 9.88 Å². The summed E-state index contributed by atoms with van der Waals surface area (Å²) in [7, 11) is 6.88. The van der Waals surface area contributed by atoms with Gasteiger partial charge in [-0.15, -0.1) is 9.24 Å². The lowest BCUT2D eigenvalue weighted by Gasteiger charge is -2.36. The third-order valence-corrected chi connectivity index (χ3v) is 4.59. The van der Waals surface area contributed by atoms with Crippen LogP contribution in [-0.2, 0) is 13.0 Å². The molecular weight excluding hydrogens is 269 g/mol. The second-order valence-corrected chi connectivity index (χ2v) is 6.68. The molecule has 1 aromatic rings. The fourth-order valence-corrected chi connectivity index (χ4v) is 2.88. The number of nitrogens with zero attached hydrogens (tertiary/aromatic N) is 3. The molecule has 0 bridgehead atoms. The second-order valence-electron chi connectivity index (χ2n) is 5.83. The van der Waals surface area contributed by atoms with Crippen LogP contribution in [0.2, 0.25) is 0 Å². The van der Waals surface area contributed by atoms with Crippen molar-refractivity contribution in [1.29, 1.82) is 0 Å². The van der Waals surface area contributed by atoms with Crippen molar-refractivity contribution >= 4 is 14.9 Å². The summed E-state index contributed by atoms with van der Waals surface area (Å²) in [4.78, 5) is 9.20. The molecule has 2 rings (SSSR count). The number of aliphatic hydroxyl groups is 1. The summed E-state index contributed by atoms with van der Waals surface area (Å²) in [5.74, 6) is 0. The predicted molar refractivity (Wildman–Crippen MR) is 87.3 cm³/mol. The number of hydrogen-bond donors (Lipinski definition) is 1. The number of anilines is 1. The SMILES string of the molecule is CCc1ccc(N2CCC(P)C(O)C2)c(CN(C)C)n1. The number of hydrogen-bond acceptors (Lipinski definition) is 4. The van der Waals surface area contributed by atoms with Crippen LogP contribution in [0, 0.1) is 0 Å². The van der Waals surface area contributed by atoms with E-state index in [0.29, 0.717) is 12.2 Å². The highest BCUT2D eigenvalue weighted by Crippen LogP contribution is 2.27. The van der Waals surface area contributed by atoms with Crippen molar-refractivity contribution < 1.29 is 5.11 Å². The molecule has 0 amide bonds. The lowest BCUT2D eigenvalue weighted by Crippen LogP contribution is -2.45. The lowest BCUT2D eigenvalue weighted by molar-refractivity contribution is 0.160. The second kappa shape index (κ2) is 6.84. The van der Waals surface area contributed by atoms with Crippen molar-refractivity contribution in [3.8, 4) is 0 Å². The number of β-amino-alcohol motifs (C(OH)–C–C–N with tert-alkyl or cyclic N) is 1. The van der Waals surface area contributed by atoms with Gasteiger partial charge in [-0.05, 0) is 39.1 Å². The van der Waals surface area contributed by atoms with Gasteiger partial charge in [0.15, 0.2) is 0 Å². The van der Waals surface area contributed by atoms with Crippen molar-refractivity contribution in [3.63, 3.8) is 0 Å². The molecule has 5 heteroatoms. The third-order valence-electron chi connectivity index (χ3n) is 3.81. The maximum atomic E-state index is 10.1. The molecule has 20 heavy (non-hydrogen) atoms. The molecule has 0 aliphatic carbocycles. The Morgan fingerprint density at radius 2 is 2.20 bits per heavy atom. The van der Waals surface area contributed by atoms with E-state index in [2.05, 4.69) is 52.2 Å². The van der Waals surface area contributed by atoms with Crippen LogP contribution in [0.1, 0.15) is 24.7 Å². The van der Waals surface area contributed by atoms with Crippen molar-refractivity contribution in [2.24, 2.45) is 0 Å². The first kappa shape index (κ1) is 15.7. The third kappa shape index (κ3) is 3.69. The summed E-state index contributed by atoms with van der Waals surface area (Å²) in [6, 6.07) is 4.27. The Morgan fingerprint density at radius 1 is 1.45 bits per heavy atom. The van der Waals surface area contributed by atoms with E-state index in [1.54, 1.807) is 0 Å². The molecule has 2 heterocycles. The van der Waals surface area contributed by atoms with E-state index in [4.69, 9.17) is 4.98 Å². The lowest BCUT2D eigenvalue weighted by atomic mass is 10.1. The van der Waals surface area contributed by atoms with Crippen LogP contribution in [0.3, 0.4) is 0 Å². The minimum absolute atomic E-state index is 0.271. The number of piperidine rings is 1. The Bertz CT molecular complexity index is 453. The first-order valence-electron chi connectivity index (χ1n) is 7.33. The van der Waals surface area contributed by atoms with Gasteiger partial charge in [0, 0.05) is 31.0 Å². The van der Waals surface area contributed by atoms with E-state index < -0.39 is 0 Å². The zero-order chi connectivity index (χ0) is 14.7. The monoisotopic (exact) mass is 295 g/mol. The minimum atomic E-state index is -0.271. The fraction of sp³-hybridized carbons (Fsp3) is 0.667. The molecular formula is C15H26N3OP. The summed E-state index contributed by atoms with van der Waals surface area (Å²) in [5, 5.41) is 10.1. The van der Waals surface area contributed by atoms with Gasteiger partial charge in [-0.3, -0.25) is 4.98 Å². The van der Waals surface area contributed by atoms with Crippen molar-refractivity contribution in [2.75, 3.05) is 32.1 Å². The Morgan fingerprint density at radius 3 is 2.80 bits per heavy atom. The molecule has 1 fully saturated rings. The van der Waals surface area contributed by atoms with Crippen LogP contribution in [0.5, 0.6) is 0 Å². The molecule has 1 N–H and O–H groups in total. The van der Waals surface area contributed by atoms with E-state index in [0.717, 1.165) is 37.3 Å². The standard InChI is InChI=1S/C15H26N3OP/c1-4-11-5-6-13(12(16-11)9-17(2)3)18-8-7-15(20)14(19)10-18/h5-6,14-15,19H,4,7-10,20H2,1-3H3. The van der Waals surface area contributed by atoms with Gasteiger partial charge in [-0.2, -0.15) is 0 Å². The van der Waals surface area contributed by atoms with E-state index in [-0.39, 0.29) is 6.10 Å². The van der Waals surface area contributed by atoms with E-state index in [9.17, 15) is 5.11 Å². The topological polar surface area (TPSA) is 39.6 Å². The summed E-state index contributed by atoms with van der Waals surface area (Å²) in [6.45, 7) is 4.64. The van der Waals surface area contributed by atoms with Crippen molar-refractivity contribution in [3.05, 3.63) is 23.5 Å². The predicted octanol–water partition coefficient (Wildman–Crippen LogP) is 1.52. The van der Waals surface area contributed by atoms with Crippen LogP contribution in [-0.4, -0.2) is 53.9 Å². The summed E-state index contributed by atoms with van der Waals surface area (Å²) in [6.07, 6.45) is 1.69. The maximum absolute atomic E-state index is 10.1. The average Bonchev–Trinajstić information content (AvgIpc) is 2.41. The van der Waals surface area contributed by atoms with E-state index in [1.807, 2.05) is 0 Å². The number of rotatable bonds is 4. The Hall–Kier alpha value is -0.700. The fourth-order valence-electron chi connectivity index (χ4n) is 2.61. The van der Waals surface area contributed by atoms with Gasteiger partial charge in [-0.25, -0.2) is 0 Å². The molecule has 0 saturated carbocycles. The molecule has 3 unspecified atom stereocenters. The maximum Gasteiger partial charge on any atom is 0.0779 e. The highest BCUT2D eigenvalue weighted by molar-refractivity contribution is 7.17. The normalized spacial score (nSPS) is 23.4. The van der Waals surface area contributed by atoms with Crippen LogP contribution in [0.4, 0.5) is 5.69 Å². The minimum Gasteiger partial charge on any atom is -0.391 e. The summed E-state index contributed by atoms with van der Waals surface area (Å²) in [5.41, 5.74) is 3.73. The first-order valence-corrected chi connectivity index (χ1v) is 8.00. The van der Waals surface area contributed by atoms with Gasteiger partial charge in [0.05, 0.1) is 17.5 Å². The zero-order valence-electron chi connectivity index (χ0n) is 12.7. The van der Waals surface area contributed by atoms with Crippen LogP contribution in [0.25, 0.3) is 0 Å². The average molecular weight is 295 g/mol. The molecule has 0 aromatic carbocycles. The van der Waals surface area contributed by atoms with Crippen molar-refractivity contribution in [2.45, 2.75) is 38.1 Å². The van der Waals surface area contributed by atoms with Gasteiger partial charge >= 0.3 is 0 Å². The summed E-state index contributed by atoms with van der Waals surface area (Å²) >= 11 is 0. The largest absolute Gasteiger partial charge is 0.391 e. The van der Waals surface area contributed by atoms with Crippen LogP contribution in [0.15, 0.2) is 12.1 Å². The molecule has 1 aliphatic heterocycles. The summed E-state index contributed by atoms with van der Waals surface area (Å²) < 4.78 is 0. The molecule has 4 nitrogen and oxygen atoms in total. The number of aliphatic hydroxyl groups excluding tert-OH is 1. The quantitative estimate of drug-likeness (QED) is 0.855. The molecule has 112 valence electrons. The Labute approximate surface area is 124 Å². The number of aryl methyl sites for hydroxylation is 1. The molecule has 3 atom stereocenters. The van der Waals surface area contributed by atoms with Gasteiger partial charge in [0.2, 0.25) is 0 Å². The highest BCUT2D eigenvalue weighted by Gasteiger charge is 2.26. The molecule has 0 radical (unpaired) electrons. The first-order chi connectivity index (χ1) is 9.51. The van der Waals surface area contributed by atoms with E-state index in [1.165, 1.54) is 5.69 Å². The van der Waals surface area contributed by atoms with Gasteiger partial charge < -0.3 is 14.9 Å². The van der Waals surface area contributed by atoms with E-state index >= 15 is 0 Å². The molecule has 1 aromatic heterocycles. The van der Waals surface area contributed by atoms with Crippen LogP contribution < -0.4 is 4.90 Å².